The van der Waals surface area contributed by atoms with Gasteiger partial charge in [0.1, 0.15) is 6.04 Å². The maximum absolute atomic E-state index is 12.6. The van der Waals surface area contributed by atoms with Gasteiger partial charge in [-0.05, 0) is 23.8 Å². The van der Waals surface area contributed by atoms with Gasteiger partial charge in [0.25, 0.3) is 0 Å². The SMILES string of the molecule is Nc1ccc(Cl)cc1N1CCN(C(Cc2ccccc2)C(=O)O)C(=O)C1=O. The maximum Gasteiger partial charge on any atom is 0.326 e. The number of hydrogen-bond acceptors (Lipinski definition) is 4. The molecule has 140 valence electrons. The highest BCUT2D eigenvalue weighted by atomic mass is 35.5. The first-order chi connectivity index (χ1) is 12.9. The van der Waals surface area contributed by atoms with Crippen molar-refractivity contribution in [2.24, 2.45) is 0 Å². The van der Waals surface area contributed by atoms with Gasteiger partial charge in [-0.1, -0.05) is 41.9 Å². The second-order valence-electron chi connectivity index (χ2n) is 6.20. The highest BCUT2D eigenvalue weighted by molar-refractivity contribution is 6.41. The van der Waals surface area contributed by atoms with Crippen LogP contribution in [0.4, 0.5) is 11.4 Å². The summed E-state index contributed by atoms with van der Waals surface area (Å²) >= 11 is 5.96. The molecular weight excluding hydrogens is 370 g/mol. The van der Waals surface area contributed by atoms with Crippen molar-refractivity contribution < 1.29 is 19.5 Å². The Morgan fingerprint density at radius 3 is 2.48 bits per heavy atom. The molecule has 1 fully saturated rings. The van der Waals surface area contributed by atoms with E-state index < -0.39 is 23.8 Å². The quantitative estimate of drug-likeness (QED) is 0.601. The molecule has 1 saturated heterocycles. The average molecular weight is 388 g/mol. The summed E-state index contributed by atoms with van der Waals surface area (Å²) in [5.74, 6) is -2.85. The van der Waals surface area contributed by atoms with Crippen molar-refractivity contribution in [1.82, 2.24) is 4.90 Å². The number of nitrogens with two attached hydrogens (primary N) is 1. The van der Waals surface area contributed by atoms with Crippen LogP contribution in [-0.4, -0.2) is 46.9 Å². The van der Waals surface area contributed by atoms with Crippen molar-refractivity contribution in [1.29, 1.82) is 0 Å². The second kappa shape index (κ2) is 7.67. The molecule has 3 N–H and O–H groups in total. The Hall–Kier alpha value is -3.06. The molecule has 8 heteroatoms. The van der Waals surface area contributed by atoms with Crippen LogP contribution in [0.1, 0.15) is 5.56 Å². The molecule has 1 unspecified atom stereocenters. The number of nitrogen functional groups attached to an aromatic ring is 1. The predicted octanol–water partition coefficient (Wildman–Crippen LogP) is 1.79. The summed E-state index contributed by atoms with van der Waals surface area (Å²) in [4.78, 5) is 39.4. The number of hydrogen-bond donors (Lipinski definition) is 2. The van der Waals surface area contributed by atoms with Crippen LogP contribution in [0.5, 0.6) is 0 Å². The van der Waals surface area contributed by atoms with E-state index in [9.17, 15) is 19.5 Å². The number of anilines is 2. The monoisotopic (exact) mass is 387 g/mol. The van der Waals surface area contributed by atoms with Crippen molar-refractivity contribution in [2.45, 2.75) is 12.5 Å². The van der Waals surface area contributed by atoms with E-state index in [2.05, 4.69) is 0 Å². The Kier molecular flexibility index (Phi) is 5.32. The minimum Gasteiger partial charge on any atom is -0.480 e. The molecule has 1 aliphatic heterocycles. The molecule has 0 saturated carbocycles. The third-order valence-corrected chi connectivity index (χ3v) is 4.71. The summed E-state index contributed by atoms with van der Waals surface area (Å²) in [5, 5.41) is 9.98. The van der Waals surface area contributed by atoms with Crippen LogP contribution in [0, 0.1) is 0 Å². The zero-order chi connectivity index (χ0) is 19.6. The number of rotatable bonds is 5. The van der Waals surface area contributed by atoms with E-state index in [4.69, 9.17) is 17.3 Å². The van der Waals surface area contributed by atoms with Gasteiger partial charge in [-0.25, -0.2) is 4.79 Å². The van der Waals surface area contributed by atoms with Crippen LogP contribution in [-0.2, 0) is 20.8 Å². The summed E-state index contributed by atoms with van der Waals surface area (Å²) in [6.07, 6.45) is 0.120. The largest absolute Gasteiger partial charge is 0.480 e. The third-order valence-electron chi connectivity index (χ3n) is 4.47. The van der Waals surface area contributed by atoms with Gasteiger partial charge in [0.15, 0.2) is 0 Å². The van der Waals surface area contributed by atoms with Crippen molar-refractivity contribution in [3.8, 4) is 0 Å². The number of nitrogens with zero attached hydrogens (tertiary/aromatic N) is 2. The Bertz CT molecular complexity index is 888. The van der Waals surface area contributed by atoms with Crippen molar-refractivity contribution in [3.05, 3.63) is 59.1 Å². The molecule has 1 heterocycles. The van der Waals surface area contributed by atoms with Crippen LogP contribution in [0.25, 0.3) is 0 Å². The Balaban J connectivity index is 1.83. The second-order valence-corrected chi connectivity index (χ2v) is 6.64. The molecule has 0 bridgehead atoms. The topological polar surface area (TPSA) is 104 Å². The molecule has 0 spiro atoms. The van der Waals surface area contributed by atoms with Crippen LogP contribution >= 0.6 is 11.6 Å². The van der Waals surface area contributed by atoms with Crippen molar-refractivity contribution >= 4 is 40.8 Å². The first kappa shape index (κ1) is 18.7. The van der Waals surface area contributed by atoms with Crippen LogP contribution in [0.2, 0.25) is 5.02 Å². The number of carbonyl (C=O) groups excluding carboxylic acids is 2. The Morgan fingerprint density at radius 1 is 1.11 bits per heavy atom. The molecule has 0 aliphatic carbocycles. The summed E-state index contributed by atoms with van der Waals surface area (Å²) < 4.78 is 0. The summed E-state index contributed by atoms with van der Waals surface area (Å²) in [6.45, 7) is 0.216. The zero-order valence-electron chi connectivity index (χ0n) is 14.3. The number of aliphatic carboxylic acids is 1. The van der Waals surface area contributed by atoms with Crippen molar-refractivity contribution in [2.75, 3.05) is 23.7 Å². The van der Waals surface area contributed by atoms with Gasteiger partial charge in [-0.2, -0.15) is 0 Å². The first-order valence-corrected chi connectivity index (χ1v) is 8.70. The Labute approximate surface area is 160 Å². The molecule has 1 atom stereocenters. The standard InChI is InChI=1S/C19H18ClN3O4/c20-13-6-7-14(21)15(11-13)22-8-9-23(18(25)17(22)24)16(19(26)27)10-12-4-2-1-3-5-12/h1-7,11,16H,8-10,21H2,(H,26,27). The van der Waals surface area contributed by atoms with Gasteiger partial charge in [0, 0.05) is 24.5 Å². The van der Waals surface area contributed by atoms with Gasteiger partial charge in [0.05, 0.1) is 11.4 Å². The third kappa shape index (κ3) is 3.88. The maximum atomic E-state index is 12.6. The van der Waals surface area contributed by atoms with Gasteiger partial charge >= 0.3 is 17.8 Å². The predicted molar refractivity (Wildman–Crippen MR) is 102 cm³/mol. The number of carboxylic acids is 1. The molecule has 1 aliphatic rings. The molecule has 2 amide bonds. The highest BCUT2D eigenvalue weighted by Crippen LogP contribution is 2.29. The molecule has 2 aromatic rings. The van der Waals surface area contributed by atoms with Crippen LogP contribution < -0.4 is 10.6 Å². The lowest BCUT2D eigenvalue weighted by Gasteiger charge is -2.37. The minimum atomic E-state index is -1.16. The fraction of sp³-hybridized carbons (Fsp3) is 0.211. The number of piperazine rings is 1. The van der Waals surface area contributed by atoms with E-state index in [-0.39, 0.29) is 19.5 Å². The van der Waals surface area contributed by atoms with Gasteiger partial charge in [0.2, 0.25) is 0 Å². The van der Waals surface area contributed by atoms with Crippen LogP contribution in [0.15, 0.2) is 48.5 Å². The van der Waals surface area contributed by atoms with E-state index in [0.717, 1.165) is 10.5 Å². The zero-order valence-corrected chi connectivity index (χ0v) is 15.1. The minimum absolute atomic E-state index is 0.0837. The lowest BCUT2D eigenvalue weighted by Crippen LogP contribution is -2.59. The average Bonchev–Trinajstić information content (AvgIpc) is 2.65. The lowest BCUT2D eigenvalue weighted by molar-refractivity contribution is -0.155. The fourth-order valence-electron chi connectivity index (χ4n) is 3.10. The number of benzene rings is 2. The lowest BCUT2D eigenvalue weighted by atomic mass is 10.0. The number of carbonyl (C=O) groups is 3. The normalized spacial score (nSPS) is 15.7. The van der Waals surface area contributed by atoms with Crippen molar-refractivity contribution in [3.63, 3.8) is 0 Å². The summed E-state index contributed by atoms with van der Waals surface area (Å²) in [7, 11) is 0. The Morgan fingerprint density at radius 2 is 1.81 bits per heavy atom. The number of carboxylic acid groups (broad SMARTS) is 1. The molecule has 27 heavy (non-hydrogen) atoms. The van der Waals surface area contributed by atoms with Crippen LogP contribution in [0.3, 0.4) is 0 Å². The molecule has 7 nitrogen and oxygen atoms in total. The van der Waals surface area contributed by atoms with Gasteiger partial charge < -0.3 is 20.6 Å². The van der Waals surface area contributed by atoms with Gasteiger partial charge in [-0.15, -0.1) is 0 Å². The van der Waals surface area contributed by atoms with E-state index in [0.29, 0.717) is 16.4 Å². The highest BCUT2D eigenvalue weighted by Gasteiger charge is 2.40. The number of amides is 2. The van der Waals surface area contributed by atoms with E-state index in [1.807, 2.05) is 6.07 Å². The summed E-state index contributed by atoms with van der Waals surface area (Å²) in [6, 6.07) is 12.5. The molecule has 2 aromatic carbocycles. The molecule has 0 radical (unpaired) electrons. The van der Waals surface area contributed by atoms with Gasteiger partial charge in [-0.3, -0.25) is 9.59 Å². The smallest absolute Gasteiger partial charge is 0.326 e. The first-order valence-electron chi connectivity index (χ1n) is 8.32. The van der Waals surface area contributed by atoms with E-state index >= 15 is 0 Å². The number of halogens is 1. The fourth-order valence-corrected chi connectivity index (χ4v) is 3.26. The van der Waals surface area contributed by atoms with E-state index in [1.54, 1.807) is 36.4 Å². The molecule has 3 rings (SSSR count). The summed E-state index contributed by atoms with van der Waals surface area (Å²) in [5.41, 5.74) is 7.33. The van der Waals surface area contributed by atoms with E-state index in [1.165, 1.54) is 11.0 Å². The molecular formula is C19H18ClN3O4. The molecule has 0 aromatic heterocycles.